The van der Waals surface area contributed by atoms with Gasteiger partial charge in [0.15, 0.2) is 0 Å². The topological polar surface area (TPSA) is 12.9 Å². The summed E-state index contributed by atoms with van der Waals surface area (Å²) in [6.45, 7) is 4.25. The van der Waals surface area contributed by atoms with E-state index in [0.717, 1.165) is 10.2 Å². The molecule has 2 heteroatoms. The number of rotatable bonds is 1. The Morgan fingerprint density at radius 1 is 0.933 bits per heavy atom. The molecule has 2 rings (SSSR count). The molecule has 0 amide bonds. The highest BCUT2D eigenvalue weighted by Gasteiger charge is 1.99. The van der Waals surface area contributed by atoms with E-state index in [0.29, 0.717) is 0 Å². The van der Waals surface area contributed by atoms with Crippen LogP contribution in [0.25, 0.3) is 11.1 Å². The van der Waals surface area contributed by atoms with Crippen LogP contribution < -0.4 is 0 Å². The molecule has 0 atom stereocenters. The fraction of sp³-hybridized carbons (Fsp3) is 0.154. The van der Waals surface area contributed by atoms with Crippen molar-refractivity contribution < 1.29 is 0 Å². The summed E-state index contributed by atoms with van der Waals surface area (Å²) < 4.78 is 0.870. The Bertz CT molecular complexity index is 474. The number of nitrogens with zero attached hydrogens (tertiary/aromatic N) is 1. The van der Waals surface area contributed by atoms with Crippen LogP contribution in [0.4, 0.5) is 0 Å². The van der Waals surface area contributed by atoms with E-state index in [2.05, 4.69) is 59.0 Å². The van der Waals surface area contributed by atoms with Crippen LogP contribution in [0, 0.1) is 13.8 Å². The van der Waals surface area contributed by atoms with Crippen molar-refractivity contribution in [3.05, 3.63) is 52.3 Å². The summed E-state index contributed by atoms with van der Waals surface area (Å²) in [5.41, 5.74) is 5.01. The summed E-state index contributed by atoms with van der Waals surface area (Å²) in [5.74, 6) is 0. The molecule has 0 aliphatic rings. The van der Waals surface area contributed by atoms with E-state index >= 15 is 0 Å². The molecule has 0 aliphatic heterocycles. The van der Waals surface area contributed by atoms with Crippen molar-refractivity contribution in [1.29, 1.82) is 0 Å². The molecule has 0 unspecified atom stereocenters. The van der Waals surface area contributed by atoms with Crippen LogP contribution in [0.5, 0.6) is 0 Å². The summed E-state index contributed by atoms with van der Waals surface area (Å²) in [5, 5.41) is 0. The standard InChI is InChI=1S/C13H12BrN/c1-9-3-4-11(7-10(9)2)12-5-6-13(14)15-8-12/h3-8H,1-2H3. The summed E-state index contributed by atoms with van der Waals surface area (Å²) in [4.78, 5) is 4.22. The van der Waals surface area contributed by atoms with Crippen molar-refractivity contribution in [2.45, 2.75) is 13.8 Å². The SMILES string of the molecule is Cc1ccc(-c2ccc(Br)nc2)cc1C. The van der Waals surface area contributed by atoms with Crippen LogP contribution in [-0.4, -0.2) is 4.98 Å². The Morgan fingerprint density at radius 3 is 2.27 bits per heavy atom. The summed E-state index contributed by atoms with van der Waals surface area (Å²) >= 11 is 3.33. The minimum Gasteiger partial charge on any atom is -0.249 e. The zero-order valence-corrected chi connectivity index (χ0v) is 10.4. The number of pyridine rings is 1. The molecule has 1 aromatic carbocycles. The Morgan fingerprint density at radius 2 is 1.67 bits per heavy atom. The fourth-order valence-corrected chi connectivity index (χ4v) is 1.70. The van der Waals surface area contributed by atoms with Crippen molar-refractivity contribution in [2.75, 3.05) is 0 Å². The first-order valence-corrected chi connectivity index (χ1v) is 5.65. The molecule has 0 N–H and O–H groups in total. The molecule has 1 aromatic heterocycles. The zero-order chi connectivity index (χ0) is 10.8. The first kappa shape index (κ1) is 10.4. The highest BCUT2D eigenvalue weighted by atomic mass is 79.9. The summed E-state index contributed by atoms with van der Waals surface area (Å²) in [6.07, 6.45) is 1.88. The van der Waals surface area contributed by atoms with Gasteiger partial charge in [-0.05, 0) is 52.5 Å². The Hall–Kier alpha value is -1.15. The maximum Gasteiger partial charge on any atom is 0.106 e. The normalized spacial score (nSPS) is 10.3. The fourth-order valence-electron chi connectivity index (χ4n) is 1.47. The molecule has 0 radical (unpaired) electrons. The summed E-state index contributed by atoms with van der Waals surface area (Å²) in [7, 11) is 0. The molecule has 0 fully saturated rings. The Labute approximate surface area is 98.3 Å². The molecule has 0 aliphatic carbocycles. The lowest BCUT2D eigenvalue weighted by Gasteiger charge is -2.05. The average molecular weight is 262 g/mol. The molecule has 1 heterocycles. The van der Waals surface area contributed by atoms with Crippen LogP contribution in [0.1, 0.15) is 11.1 Å². The predicted molar refractivity (Wildman–Crippen MR) is 66.8 cm³/mol. The highest BCUT2D eigenvalue weighted by Crippen LogP contribution is 2.22. The Balaban J connectivity index is 2.45. The van der Waals surface area contributed by atoms with E-state index in [1.54, 1.807) is 0 Å². The first-order valence-electron chi connectivity index (χ1n) is 4.86. The maximum absolute atomic E-state index is 4.22. The van der Waals surface area contributed by atoms with Crippen LogP contribution >= 0.6 is 15.9 Å². The van der Waals surface area contributed by atoms with Crippen molar-refractivity contribution in [3.8, 4) is 11.1 Å². The maximum atomic E-state index is 4.22. The molecule has 0 saturated heterocycles. The van der Waals surface area contributed by atoms with Gasteiger partial charge in [0, 0.05) is 11.8 Å². The Kier molecular flexibility index (Phi) is 2.87. The molecule has 0 spiro atoms. The molecule has 1 nitrogen and oxygen atoms in total. The first-order chi connectivity index (χ1) is 7.16. The molecule has 2 aromatic rings. The van der Waals surface area contributed by atoms with Crippen LogP contribution in [0.3, 0.4) is 0 Å². The van der Waals surface area contributed by atoms with Gasteiger partial charge in [-0.15, -0.1) is 0 Å². The van der Waals surface area contributed by atoms with Gasteiger partial charge in [0.2, 0.25) is 0 Å². The minimum absolute atomic E-state index is 0.870. The van der Waals surface area contributed by atoms with Gasteiger partial charge in [-0.25, -0.2) is 4.98 Å². The molecular formula is C13H12BrN. The minimum atomic E-state index is 0.870. The second-order valence-corrected chi connectivity index (χ2v) is 4.48. The number of aryl methyl sites for hydroxylation is 2. The summed E-state index contributed by atoms with van der Waals surface area (Å²) in [6, 6.07) is 10.5. The lowest BCUT2D eigenvalue weighted by atomic mass is 10.0. The number of benzene rings is 1. The second kappa shape index (κ2) is 4.15. The van der Waals surface area contributed by atoms with E-state index < -0.39 is 0 Å². The van der Waals surface area contributed by atoms with E-state index in [4.69, 9.17) is 0 Å². The van der Waals surface area contributed by atoms with Gasteiger partial charge in [-0.1, -0.05) is 24.3 Å². The molecule has 0 bridgehead atoms. The smallest absolute Gasteiger partial charge is 0.106 e. The van der Waals surface area contributed by atoms with Gasteiger partial charge in [0.1, 0.15) is 4.60 Å². The molecule has 0 saturated carbocycles. The number of hydrogen-bond donors (Lipinski definition) is 0. The quantitative estimate of drug-likeness (QED) is 0.704. The molecular weight excluding hydrogens is 250 g/mol. The second-order valence-electron chi connectivity index (χ2n) is 3.67. The van der Waals surface area contributed by atoms with E-state index in [1.165, 1.54) is 16.7 Å². The van der Waals surface area contributed by atoms with Gasteiger partial charge in [-0.3, -0.25) is 0 Å². The third-order valence-corrected chi connectivity index (χ3v) is 3.04. The zero-order valence-electron chi connectivity index (χ0n) is 8.79. The van der Waals surface area contributed by atoms with E-state index in [1.807, 2.05) is 12.3 Å². The van der Waals surface area contributed by atoms with Crippen molar-refractivity contribution >= 4 is 15.9 Å². The van der Waals surface area contributed by atoms with Gasteiger partial charge in [0.05, 0.1) is 0 Å². The largest absolute Gasteiger partial charge is 0.249 e. The van der Waals surface area contributed by atoms with Gasteiger partial charge in [-0.2, -0.15) is 0 Å². The number of hydrogen-bond acceptors (Lipinski definition) is 1. The van der Waals surface area contributed by atoms with E-state index in [-0.39, 0.29) is 0 Å². The van der Waals surface area contributed by atoms with Crippen LogP contribution in [-0.2, 0) is 0 Å². The van der Waals surface area contributed by atoms with Gasteiger partial charge in [0.25, 0.3) is 0 Å². The molecule has 76 valence electrons. The average Bonchev–Trinajstić information content (AvgIpc) is 2.23. The van der Waals surface area contributed by atoms with Crippen molar-refractivity contribution in [2.24, 2.45) is 0 Å². The van der Waals surface area contributed by atoms with Crippen molar-refractivity contribution in [3.63, 3.8) is 0 Å². The lowest BCUT2D eigenvalue weighted by Crippen LogP contribution is -1.84. The third kappa shape index (κ3) is 2.26. The van der Waals surface area contributed by atoms with Crippen LogP contribution in [0.2, 0.25) is 0 Å². The monoisotopic (exact) mass is 261 g/mol. The molecule has 15 heavy (non-hydrogen) atoms. The van der Waals surface area contributed by atoms with Gasteiger partial charge >= 0.3 is 0 Å². The van der Waals surface area contributed by atoms with Crippen molar-refractivity contribution in [1.82, 2.24) is 4.98 Å². The van der Waals surface area contributed by atoms with Gasteiger partial charge < -0.3 is 0 Å². The van der Waals surface area contributed by atoms with Crippen LogP contribution in [0.15, 0.2) is 41.1 Å². The highest BCUT2D eigenvalue weighted by molar-refractivity contribution is 9.10. The number of aromatic nitrogens is 1. The van der Waals surface area contributed by atoms with E-state index in [9.17, 15) is 0 Å². The lowest BCUT2D eigenvalue weighted by molar-refractivity contribution is 1.27. The third-order valence-electron chi connectivity index (χ3n) is 2.57. The number of halogens is 1. The predicted octanol–water partition coefficient (Wildman–Crippen LogP) is 4.13.